The molecule has 0 radical (unpaired) electrons. The Bertz CT molecular complexity index is 1310. The smallest absolute Gasteiger partial charge is 0.270 e. The fourth-order valence-corrected chi connectivity index (χ4v) is 7.25. The summed E-state index contributed by atoms with van der Waals surface area (Å²) >= 11 is 1.12. The molecule has 2 atom stereocenters. The van der Waals surface area contributed by atoms with Crippen LogP contribution in [0.4, 0.5) is 5.95 Å². The number of hydrogen-bond donors (Lipinski definition) is 2. The van der Waals surface area contributed by atoms with Crippen molar-refractivity contribution in [1.29, 1.82) is 0 Å². The van der Waals surface area contributed by atoms with Gasteiger partial charge in [0.2, 0.25) is 10.3 Å². The van der Waals surface area contributed by atoms with Crippen molar-refractivity contribution in [3.05, 3.63) is 40.3 Å². The summed E-state index contributed by atoms with van der Waals surface area (Å²) in [6, 6.07) is 2.86. The summed E-state index contributed by atoms with van der Waals surface area (Å²) in [5, 5.41) is 16.5. The molecule has 2 fully saturated rings. The highest BCUT2D eigenvalue weighted by Gasteiger charge is 2.39. The first-order chi connectivity index (χ1) is 15.8. The minimum Gasteiger partial charge on any atom is -0.388 e. The van der Waals surface area contributed by atoms with Crippen LogP contribution in [-0.2, 0) is 10.0 Å². The largest absolute Gasteiger partial charge is 0.388 e. The van der Waals surface area contributed by atoms with Crippen LogP contribution in [0.15, 0.2) is 39.0 Å². The van der Waals surface area contributed by atoms with Crippen LogP contribution in [-0.4, -0.2) is 62.1 Å². The van der Waals surface area contributed by atoms with Gasteiger partial charge in [0.15, 0.2) is 0 Å². The van der Waals surface area contributed by atoms with Gasteiger partial charge in [-0.25, -0.2) is 18.4 Å². The SMILES string of the molecule is C[C@]1(O)CCC[C@@H]1n1c(=O)ccc2cnc(NC3CCN(S(=O)(=O)c4nccs4)CC3)nc21. The normalized spacial score (nSPS) is 25.0. The van der Waals surface area contributed by atoms with E-state index in [0.717, 1.165) is 23.1 Å². The first-order valence-electron chi connectivity index (χ1n) is 11.0. The average Bonchev–Trinajstić information content (AvgIpc) is 3.44. The van der Waals surface area contributed by atoms with Crippen LogP contribution in [0.25, 0.3) is 11.0 Å². The second-order valence-electron chi connectivity index (χ2n) is 8.90. The molecule has 176 valence electrons. The van der Waals surface area contributed by atoms with Gasteiger partial charge in [-0.1, -0.05) is 0 Å². The van der Waals surface area contributed by atoms with E-state index in [1.54, 1.807) is 29.1 Å². The molecule has 0 bridgehead atoms. The van der Waals surface area contributed by atoms with E-state index in [2.05, 4.69) is 20.3 Å². The van der Waals surface area contributed by atoms with Gasteiger partial charge in [-0.15, -0.1) is 11.3 Å². The molecule has 3 aromatic rings. The number of nitrogens with one attached hydrogen (secondary N) is 1. The van der Waals surface area contributed by atoms with Crippen LogP contribution < -0.4 is 10.9 Å². The number of thiazole rings is 1. The number of anilines is 1. The third kappa shape index (κ3) is 4.16. The molecule has 1 saturated carbocycles. The van der Waals surface area contributed by atoms with Crippen molar-refractivity contribution >= 4 is 38.3 Å². The molecule has 0 aromatic carbocycles. The van der Waals surface area contributed by atoms with Gasteiger partial charge in [-0.2, -0.15) is 9.29 Å². The zero-order valence-corrected chi connectivity index (χ0v) is 19.8. The second-order valence-corrected chi connectivity index (χ2v) is 11.9. The first-order valence-corrected chi connectivity index (χ1v) is 13.3. The molecular formula is C21H26N6O4S2. The summed E-state index contributed by atoms with van der Waals surface area (Å²) in [4.78, 5) is 25.7. The van der Waals surface area contributed by atoms with E-state index >= 15 is 0 Å². The fraction of sp³-hybridized carbons (Fsp3) is 0.524. The number of hydrogen-bond acceptors (Lipinski definition) is 9. The van der Waals surface area contributed by atoms with Crippen molar-refractivity contribution in [2.24, 2.45) is 0 Å². The molecule has 4 heterocycles. The number of pyridine rings is 1. The lowest BCUT2D eigenvalue weighted by atomic mass is 10.00. The molecule has 1 aliphatic carbocycles. The third-order valence-electron chi connectivity index (χ3n) is 6.61. The number of rotatable bonds is 5. The van der Waals surface area contributed by atoms with Crippen LogP contribution in [0.3, 0.4) is 0 Å². The van der Waals surface area contributed by atoms with Gasteiger partial charge in [0.05, 0.1) is 11.6 Å². The predicted octanol–water partition coefficient (Wildman–Crippen LogP) is 1.99. The Morgan fingerprint density at radius 3 is 2.67 bits per heavy atom. The fourth-order valence-electron chi connectivity index (χ4n) is 4.82. The van der Waals surface area contributed by atoms with Crippen molar-refractivity contribution in [2.45, 2.75) is 61.1 Å². The lowest BCUT2D eigenvalue weighted by Gasteiger charge is -2.31. The van der Waals surface area contributed by atoms with E-state index in [0.29, 0.717) is 50.4 Å². The van der Waals surface area contributed by atoms with Gasteiger partial charge in [-0.05, 0) is 45.1 Å². The molecule has 10 nitrogen and oxygen atoms in total. The van der Waals surface area contributed by atoms with Crippen LogP contribution in [0, 0.1) is 0 Å². The van der Waals surface area contributed by atoms with E-state index in [-0.39, 0.29) is 22.0 Å². The van der Waals surface area contributed by atoms with Crippen LogP contribution in [0.5, 0.6) is 0 Å². The molecule has 0 amide bonds. The zero-order chi connectivity index (χ0) is 23.2. The monoisotopic (exact) mass is 490 g/mol. The first kappa shape index (κ1) is 22.4. The Balaban J connectivity index is 1.35. The van der Waals surface area contributed by atoms with Gasteiger partial charge in [0.25, 0.3) is 15.6 Å². The summed E-state index contributed by atoms with van der Waals surface area (Å²) in [5.74, 6) is 0.390. The highest BCUT2D eigenvalue weighted by molar-refractivity contribution is 7.91. The van der Waals surface area contributed by atoms with Crippen molar-refractivity contribution in [3.8, 4) is 0 Å². The van der Waals surface area contributed by atoms with E-state index in [1.165, 1.54) is 16.6 Å². The lowest BCUT2D eigenvalue weighted by molar-refractivity contribution is 0.0267. The number of aliphatic hydroxyl groups is 1. The van der Waals surface area contributed by atoms with E-state index in [9.17, 15) is 18.3 Å². The van der Waals surface area contributed by atoms with Crippen LogP contribution >= 0.6 is 11.3 Å². The summed E-state index contributed by atoms with van der Waals surface area (Å²) in [6.45, 7) is 2.52. The highest BCUT2D eigenvalue weighted by atomic mass is 32.2. The molecule has 3 aromatic heterocycles. The van der Waals surface area contributed by atoms with Crippen molar-refractivity contribution in [3.63, 3.8) is 0 Å². The minimum atomic E-state index is -3.55. The van der Waals surface area contributed by atoms with Crippen LogP contribution in [0.2, 0.25) is 0 Å². The van der Waals surface area contributed by atoms with Crippen molar-refractivity contribution < 1.29 is 13.5 Å². The summed E-state index contributed by atoms with van der Waals surface area (Å²) in [6.07, 6.45) is 6.57. The quantitative estimate of drug-likeness (QED) is 0.555. The number of fused-ring (bicyclic) bond motifs is 1. The van der Waals surface area contributed by atoms with Crippen LogP contribution in [0.1, 0.15) is 45.1 Å². The Hall–Kier alpha value is -2.41. The molecule has 33 heavy (non-hydrogen) atoms. The molecule has 1 saturated heterocycles. The summed E-state index contributed by atoms with van der Waals surface area (Å²) in [5.41, 5.74) is -0.664. The molecule has 0 spiro atoms. The van der Waals surface area contributed by atoms with Crippen molar-refractivity contribution in [2.75, 3.05) is 18.4 Å². The molecule has 5 rings (SSSR count). The summed E-state index contributed by atoms with van der Waals surface area (Å²) in [7, 11) is -3.55. The maximum Gasteiger partial charge on any atom is 0.270 e. The second kappa shape index (κ2) is 8.42. The third-order valence-corrected chi connectivity index (χ3v) is 9.69. The van der Waals surface area contributed by atoms with E-state index < -0.39 is 15.6 Å². The standard InChI is InChI=1S/C21H26N6O4S2/c1-21(29)8-2-3-16(21)27-17(28)5-4-14-13-23-19(25-18(14)27)24-15-6-10-26(11-7-15)33(30,31)20-22-9-12-32-20/h4-5,9,12-13,15-16,29H,2-3,6-8,10-11H2,1H3,(H,23,24,25)/t16-,21-/m0/s1. The zero-order valence-electron chi connectivity index (χ0n) is 18.2. The maximum atomic E-state index is 12.7. The Labute approximate surface area is 195 Å². The molecule has 0 unspecified atom stereocenters. The topological polar surface area (TPSA) is 130 Å². The number of piperidine rings is 1. The van der Waals surface area contributed by atoms with Crippen molar-refractivity contribution in [1.82, 2.24) is 23.8 Å². The molecule has 2 N–H and O–H groups in total. The number of nitrogens with zero attached hydrogens (tertiary/aromatic N) is 5. The van der Waals surface area contributed by atoms with E-state index in [4.69, 9.17) is 0 Å². The Morgan fingerprint density at radius 2 is 2.00 bits per heavy atom. The Kier molecular flexibility index (Phi) is 5.71. The molecule has 2 aliphatic rings. The predicted molar refractivity (Wildman–Crippen MR) is 125 cm³/mol. The van der Waals surface area contributed by atoms with Gasteiger partial charge in [0.1, 0.15) is 5.65 Å². The minimum absolute atomic E-state index is 0.00340. The van der Waals surface area contributed by atoms with Gasteiger partial charge >= 0.3 is 0 Å². The van der Waals surface area contributed by atoms with Gasteiger partial charge in [-0.3, -0.25) is 9.36 Å². The highest BCUT2D eigenvalue weighted by Crippen LogP contribution is 2.39. The number of aromatic nitrogens is 4. The maximum absolute atomic E-state index is 12.7. The average molecular weight is 491 g/mol. The molecular weight excluding hydrogens is 464 g/mol. The molecule has 1 aliphatic heterocycles. The van der Waals surface area contributed by atoms with Gasteiger partial charge < -0.3 is 10.4 Å². The summed E-state index contributed by atoms with van der Waals surface area (Å²) < 4.78 is 28.5. The van der Waals surface area contributed by atoms with Gasteiger partial charge in [0, 0.05) is 48.4 Å². The van der Waals surface area contributed by atoms with E-state index in [1.807, 2.05) is 0 Å². The Morgan fingerprint density at radius 1 is 1.21 bits per heavy atom. The number of sulfonamides is 1. The lowest BCUT2D eigenvalue weighted by Crippen LogP contribution is -2.42. The molecule has 12 heteroatoms.